The summed E-state index contributed by atoms with van der Waals surface area (Å²) in [4.78, 5) is 22.7. The molecule has 0 radical (unpaired) electrons. The van der Waals surface area contributed by atoms with Crippen LogP contribution in [0.1, 0.15) is 46.0 Å². The van der Waals surface area contributed by atoms with Gasteiger partial charge in [-0.3, -0.25) is 0 Å². The Bertz CT molecular complexity index is 639. The Morgan fingerprint density at radius 3 is 1.90 bits per heavy atom. The van der Waals surface area contributed by atoms with Gasteiger partial charge in [-0.2, -0.15) is 0 Å². The van der Waals surface area contributed by atoms with Crippen molar-refractivity contribution in [3.8, 4) is 5.75 Å². The molecule has 0 saturated heterocycles. The van der Waals surface area contributed by atoms with Crippen molar-refractivity contribution in [1.29, 1.82) is 0 Å². The van der Waals surface area contributed by atoms with E-state index in [0.717, 1.165) is 5.56 Å². The monoisotopic (exact) mass is 284 g/mol. The maximum atomic E-state index is 12.0. The zero-order valence-corrected chi connectivity index (χ0v) is 11.9. The molecule has 0 saturated carbocycles. The van der Waals surface area contributed by atoms with Crippen LogP contribution >= 0.6 is 0 Å². The van der Waals surface area contributed by atoms with Crippen LogP contribution in [0.2, 0.25) is 0 Å². The molecule has 21 heavy (non-hydrogen) atoms. The third kappa shape index (κ3) is 3.69. The molecule has 0 spiro atoms. The Balaban J connectivity index is 2.08. The molecular weight excluding hydrogens is 268 g/mol. The molecular formula is C17H16O4. The van der Waals surface area contributed by atoms with Crippen molar-refractivity contribution < 1.29 is 19.4 Å². The van der Waals surface area contributed by atoms with Crippen molar-refractivity contribution in [1.82, 2.24) is 0 Å². The first-order valence-corrected chi connectivity index (χ1v) is 6.63. The van der Waals surface area contributed by atoms with E-state index in [2.05, 4.69) is 13.8 Å². The van der Waals surface area contributed by atoms with Crippen LogP contribution in [0.3, 0.4) is 0 Å². The lowest BCUT2D eigenvalue weighted by Gasteiger charge is -2.07. The van der Waals surface area contributed by atoms with E-state index in [-0.39, 0.29) is 5.56 Å². The lowest BCUT2D eigenvalue weighted by Crippen LogP contribution is -2.08. The number of carbonyl (C=O) groups is 2. The highest BCUT2D eigenvalue weighted by molar-refractivity contribution is 5.91. The fourth-order valence-electron chi connectivity index (χ4n) is 1.84. The number of carboxylic acid groups (broad SMARTS) is 1. The first kappa shape index (κ1) is 14.8. The maximum absolute atomic E-state index is 12.0. The molecule has 4 heteroatoms. The van der Waals surface area contributed by atoms with Gasteiger partial charge in [0.1, 0.15) is 5.75 Å². The van der Waals surface area contributed by atoms with Crippen LogP contribution in [0.25, 0.3) is 0 Å². The van der Waals surface area contributed by atoms with Gasteiger partial charge >= 0.3 is 11.9 Å². The molecule has 0 aliphatic carbocycles. The second-order valence-electron chi connectivity index (χ2n) is 5.00. The lowest BCUT2D eigenvalue weighted by molar-refractivity contribution is 0.0696. The van der Waals surface area contributed by atoms with Gasteiger partial charge < -0.3 is 9.84 Å². The highest BCUT2D eigenvalue weighted by Gasteiger charge is 2.10. The standard InChI is InChI=1S/C17H16O4/c1-11(2)12-3-5-14(6-4-12)17(20)21-15-9-7-13(8-10-15)16(18)19/h3-11H,1-2H3,(H,18,19). The molecule has 0 heterocycles. The molecule has 0 unspecified atom stereocenters. The number of hydrogen-bond acceptors (Lipinski definition) is 3. The van der Waals surface area contributed by atoms with Gasteiger partial charge in [0.05, 0.1) is 11.1 Å². The van der Waals surface area contributed by atoms with Gasteiger partial charge in [0.15, 0.2) is 0 Å². The summed E-state index contributed by atoms with van der Waals surface area (Å²) in [5, 5.41) is 8.80. The van der Waals surface area contributed by atoms with E-state index in [1.165, 1.54) is 24.3 Å². The number of esters is 1. The van der Waals surface area contributed by atoms with Gasteiger partial charge in [-0.25, -0.2) is 9.59 Å². The Hall–Kier alpha value is -2.62. The Morgan fingerprint density at radius 1 is 0.905 bits per heavy atom. The third-order valence-electron chi connectivity index (χ3n) is 3.12. The van der Waals surface area contributed by atoms with E-state index in [4.69, 9.17) is 9.84 Å². The van der Waals surface area contributed by atoms with Gasteiger partial charge in [0.2, 0.25) is 0 Å². The van der Waals surface area contributed by atoms with Crippen molar-refractivity contribution in [2.24, 2.45) is 0 Å². The fourth-order valence-corrected chi connectivity index (χ4v) is 1.84. The quantitative estimate of drug-likeness (QED) is 0.686. The SMILES string of the molecule is CC(C)c1ccc(C(=O)Oc2ccc(C(=O)O)cc2)cc1. The molecule has 108 valence electrons. The van der Waals surface area contributed by atoms with E-state index in [0.29, 0.717) is 17.2 Å². The molecule has 0 amide bonds. The molecule has 1 N–H and O–H groups in total. The van der Waals surface area contributed by atoms with Crippen LogP contribution in [0, 0.1) is 0 Å². The Labute approximate surface area is 123 Å². The van der Waals surface area contributed by atoms with Crippen molar-refractivity contribution >= 4 is 11.9 Å². The number of ether oxygens (including phenoxy) is 1. The molecule has 0 fully saturated rings. The van der Waals surface area contributed by atoms with Crippen LogP contribution < -0.4 is 4.74 Å². The highest BCUT2D eigenvalue weighted by atomic mass is 16.5. The summed E-state index contributed by atoms with van der Waals surface area (Å²) in [6.07, 6.45) is 0. The number of benzene rings is 2. The zero-order valence-electron chi connectivity index (χ0n) is 11.9. The second-order valence-corrected chi connectivity index (χ2v) is 5.00. The molecule has 0 aromatic heterocycles. The number of rotatable bonds is 4. The smallest absolute Gasteiger partial charge is 0.343 e. The molecule has 2 aromatic rings. The molecule has 0 aliphatic heterocycles. The first-order chi connectivity index (χ1) is 9.97. The number of carboxylic acids is 1. The van der Waals surface area contributed by atoms with Gasteiger partial charge in [-0.1, -0.05) is 26.0 Å². The highest BCUT2D eigenvalue weighted by Crippen LogP contribution is 2.17. The van der Waals surface area contributed by atoms with Crippen molar-refractivity contribution in [2.75, 3.05) is 0 Å². The van der Waals surface area contributed by atoms with E-state index in [1.54, 1.807) is 12.1 Å². The average Bonchev–Trinajstić information content (AvgIpc) is 2.47. The molecule has 2 rings (SSSR count). The molecule has 0 bridgehead atoms. The molecule has 0 atom stereocenters. The lowest BCUT2D eigenvalue weighted by atomic mass is 10.0. The molecule has 0 aliphatic rings. The van der Waals surface area contributed by atoms with Crippen LogP contribution in [0.5, 0.6) is 5.75 Å². The van der Waals surface area contributed by atoms with E-state index in [9.17, 15) is 9.59 Å². The summed E-state index contributed by atoms with van der Waals surface area (Å²) in [5.74, 6) is -0.762. The minimum Gasteiger partial charge on any atom is -0.478 e. The summed E-state index contributed by atoms with van der Waals surface area (Å²) in [6, 6.07) is 13.0. The Kier molecular flexibility index (Phi) is 4.38. The second kappa shape index (κ2) is 6.22. The average molecular weight is 284 g/mol. The molecule has 4 nitrogen and oxygen atoms in total. The number of hydrogen-bond donors (Lipinski definition) is 1. The van der Waals surface area contributed by atoms with E-state index < -0.39 is 11.9 Å². The summed E-state index contributed by atoms with van der Waals surface area (Å²) >= 11 is 0. The largest absolute Gasteiger partial charge is 0.478 e. The van der Waals surface area contributed by atoms with Crippen LogP contribution in [0.15, 0.2) is 48.5 Å². The predicted octanol–water partition coefficient (Wildman–Crippen LogP) is 3.73. The Morgan fingerprint density at radius 2 is 1.43 bits per heavy atom. The zero-order chi connectivity index (χ0) is 15.4. The van der Waals surface area contributed by atoms with Gasteiger partial charge in [-0.15, -0.1) is 0 Å². The van der Waals surface area contributed by atoms with E-state index >= 15 is 0 Å². The van der Waals surface area contributed by atoms with Crippen LogP contribution in [-0.4, -0.2) is 17.0 Å². The maximum Gasteiger partial charge on any atom is 0.343 e. The minimum atomic E-state index is -1.02. The normalized spacial score (nSPS) is 10.4. The van der Waals surface area contributed by atoms with E-state index in [1.807, 2.05) is 12.1 Å². The van der Waals surface area contributed by atoms with Crippen molar-refractivity contribution in [3.63, 3.8) is 0 Å². The number of aromatic carboxylic acids is 1. The minimum absolute atomic E-state index is 0.149. The summed E-state index contributed by atoms with van der Waals surface area (Å²) in [5.41, 5.74) is 1.76. The third-order valence-corrected chi connectivity index (χ3v) is 3.12. The summed E-state index contributed by atoms with van der Waals surface area (Å²) in [7, 11) is 0. The summed E-state index contributed by atoms with van der Waals surface area (Å²) in [6.45, 7) is 4.16. The van der Waals surface area contributed by atoms with Crippen LogP contribution in [-0.2, 0) is 0 Å². The number of carbonyl (C=O) groups excluding carboxylic acids is 1. The predicted molar refractivity (Wildman–Crippen MR) is 78.9 cm³/mol. The van der Waals surface area contributed by atoms with Gasteiger partial charge in [0, 0.05) is 0 Å². The van der Waals surface area contributed by atoms with Gasteiger partial charge in [0.25, 0.3) is 0 Å². The van der Waals surface area contributed by atoms with Crippen molar-refractivity contribution in [3.05, 3.63) is 65.2 Å². The first-order valence-electron chi connectivity index (χ1n) is 6.63. The van der Waals surface area contributed by atoms with Crippen molar-refractivity contribution in [2.45, 2.75) is 19.8 Å². The fraction of sp³-hybridized carbons (Fsp3) is 0.176. The van der Waals surface area contributed by atoms with Crippen LogP contribution in [0.4, 0.5) is 0 Å². The summed E-state index contributed by atoms with van der Waals surface area (Å²) < 4.78 is 5.20. The molecule has 2 aromatic carbocycles. The van der Waals surface area contributed by atoms with Gasteiger partial charge in [-0.05, 0) is 47.9 Å². The topological polar surface area (TPSA) is 63.6 Å².